The molecule has 0 atom stereocenters. The van der Waals surface area contributed by atoms with Crippen LogP contribution >= 0.6 is 0 Å². The van der Waals surface area contributed by atoms with Gasteiger partial charge in [0.1, 0.15) is 11.6 Å². The summed E-state index contributed by atoms with van der Waals surface area (Å²) in [6.07, 6.45) is 2.98. The molecule has 2 aromatic carbocycles. The second-order valence-electron chi connectivity index (χ2n) is 4.93. The van der Waals surface area contributed by atoms with Gasteiger partial charge in [-0.15, -0.1) is 0 Å². The molecule has 3 nitrogen and oxygen atoms in total. The highest BCUT2D eigenvalue weighted by atomic mass is 19.1. The van der Waals surface area contributed by atoms with E-state index < -0.39 is 11.6 Å². The molecule has 0 amide bonds. The Kier molecular flexibility index (Phi) is 4.59. The van der Waals surface area contributed by atoms with Crippen LogP contribution in [0.25, 0.3) is 11.1 Å². The van der Waals surface area contributed by atoms with Gasteiger partial charge in [-0.05, 0) is 23.3 Å². The zero-order chi connectivity index (χ0) is 16.1. The molecule has 1 heterocycles. The van der Waals surface area contributed by atoms with Crippen molar-refractivity contribution in [3.63, 3.8) is 0 Å². The van der Waals surface area contributed by atoms with E-state index >= 15 is 0 Å². The van der Waals surface area contributed by atoms with E-state index in [1.165, 1.54) is 24.5 Å². The largest absolute Gasteiger partial charge is 0.271 e. The summed E-state index contributed by atoms with van der Waals surface area (Å²) >= 11 is 0. The van der Waals surface area contributed by atoms with E-state index in [-0.39, 0.29) is 17.9 Å². The van der Waals surface area contributed by atoms with Crippen LogP contribution in [-0.2, 0) is 11.4 Å². The lowest BCUT2D eigenvalue weighted by Gasteiger charge is -2.10. The Labute approximate surface area is 132 Å². The van der Waals surface area contributed by atoms with Gasteiger partial charge in [0.2, 0.25) is 0 Å². The number of aromatic nitrogens is 1. The molecule has 0 fully saturated rings. The molecule has 1 N–H and O–H groups in total. The fourth-order valence-corrected chi connectivity index (χ4v) is 2.20. The van der Waals surface area contributed by atoms with Crippen molar-refractivity contribution in [3.05, 3.63) is 84.2 Å². The number of rotatable bonds is 5. The molecular weight excluding hydrogens is 298 g/mol. The van der Waals surface area contributed by atoms with Crippen molar-refractivity contribution in [2.45, 2.75) is 6.61 Å². The predicted molar refractivity (Wildman–Crippen MR) is 84.4 cm³/mol. The van der Waals surface area contributed by atoms with Gasteiger partial charge in [-0.1, -0.05) is 30.3 Å². The second-order valence-corrected chi connectivity index (χ2v) is 4.93. The molecule has 0 aliphatic carbocycles. The van der Waals surface area contributed by atoms with Gasteiger partial charge in [0.05, 0.1) is 17.9 Å². The SMILES string of the molecule is Fc1cc(NOCc2ccccc2)cc(F)c1-c1ccncc1. The van der Waals surface area contributed by atoms with Crippen molar-refractivity contribution < 1.29 is 13.6 Å². The monoisotopic (exact) mass is 312 g/mol. The summed E-state index contributed by atoms with van der Waals surface area (Å²) in [5.41, 5.74) is 4.09. The molecule has 0 unspecified atom stereocenters. The van der Waals surface area contributed by atoms with Gasteiger partial charge in [-0.25, -0.2) is 8.78 Å². The first kappa shape index (κ1) is 15.1. The Bertz CT molecular complexity index is 757. The van der Waals surface area contributed by atoms with Crippen molar-refractivity contribution in [1.82, 2.24) is 4.98 Å². The summed E-state index contributed by atoms with van der Waals surface area (Å²) in [4.78, 5) is 9.11. The van der Waals surface area contributed by atoms with Crippen LogP contribution in [-0.4, -0.2) is 4.98 Å². The van der Waals surface area contributed by atoms with Crippen LogP contribution in [0.3, 0.4) is 0 Å². The number of benzene rings is 2. The molecule has 1 aromatic heterocycles. The van der Waals surface area contributed by atoms with Crippen molar-refractivity contribution in [2.24, 2.45) is 0 Å². The fraction of sp³-hybridized carbons (Fsp3) is 0.0556. The van der Waals surface area contributed by atoms with Gasteiger partial charge in [-0.3, -0.25) is 15.3 Å². The molecule has 0 saturated carbocycles. The molecule has 0 bridgehead atoms. The maximum absolute atomic E-state index is 14.2. The fourth-order valence-electron chi connectivity index (χ4n) is 2.20. The minimum Gasteiger partial charge on any atom is -0.271 e. The first-order valence-electron chi connectivity index (χ1n) is 7.05. The zero-order valence-corrected chi connectivity index (χ0v) is 12.2. The number of pyridine rings is 1. The van der Waals surface area contributed by atoms with E-state index in [1.54, 1.807) is 12.1 Å². The average Bonchev–Trinajstić information content (AvgIpc) is 2.56. The summed E-state index contributed by atoms with van der Waals surface area (Å²) in [6, 6.07) is 15.0. The van der Waals surface area contributed by atoms with Crippen molar-refractivity contribution >= 4 is 5.69 Å². The molecule has 0 aliphatic heterocycles. The van der Waals surface area contributed by atoms with Crippen molar-refractivity contribution in [3.8, 4) is 11.1 Å². The Morgan fingerprint density at radius 1 is 0.913 bits per heavy atom. The summed E-state index contributed by atoms with van der Waals surface area (Å²) in [7, 11) is 0. The molecule has 0 radical (unpaired) electrons. The standard InChI is InChI=1S/C18H14F2N2O/c19-16-10-15(22-23-12-13-4-2-1-3-5-13)11-17(20)18(16)14-6-8-21-9-7-14/h1-11,22H,12H2. The van der Waals surface area contributed by atoms with E-state index in [0.29, 0.717) is 5.56 Å². The van der Waals surface area contributed by atoms with Crippen LogP contribution in [0, 0.1) is 11.6 Å². The van der Waals surface area contributed by atoms with E-state index in [0.717, 1.165) is 5.56 Å². The highest BCUT2D eigenvalue weighted by Crippen LogP contribution is 2.28. The van der Waals surface area contributed by atoms with Crippen LogP contribution < -0.4 is 5.48 Å². The Hall–Kier alpha value is -2.79. The minimum absolute atomic E-state index is 0.0824. The molecule has 3 rings (SSSR count). The number of anilines is 1. The molecule has 0 saturated heterocycles. The quantitative estimate of drug-likeness (QED) is 0.701. The number of hydrogen-bond donors (Lipinski definition) is 1. The van der Waals surface area contributed by atoms with E-state index in [1.807, 2.05) is 30.3 Å². The molecule has 5 heteroatoms. The first-order chi connectivity index (χ1) is 11.2. The van der Waals surface area contributed by atoms with Gasteiger partial charge < -0.3 is 0 Å². The normalized spacial score (nSPS) is 10.5. The lowest BCUT2D eigenvalue weighted by Crippen LogP contribution is -2.03. The summed E-state index contributed by atoms with van der Waals surface area (Å²) in [6.45, 7) is 0.288. The molecule has 3 aromatic rings. The maximum atomic E-state index is 14.2. The Morgan fingerprint density at radius 3 is 2.22 bits per heavy atom. The van der Waals surface area contributed by atoms with Gasteiger partial charge in [0.15, 0.2) is 0 Å². The third kappa shape index (κ3) is 3.70. The van der Waals surface area contributed by atoms with E-state index in [9.17, 15) is 8.78 Å². The van der Waals surface area contributed by atoms with Crippen LogP contribution in [0.15, 0.2) is 67.0 Å². The number of halogens is 2. The van der Waals surface area contributed by atoms with Crippen LogP contribution in [0.1, 0.15) is 5.56 Å². The van der Waals surface area contributed by atoms with Crippen LogP contribution in [0.4, 0.5) is 14.5 Å². The highest BCUT2D eigenvalue weighted by molar-refractivity contribution is 5.67. The topological polar surface area (TPSA) is 34.1 Å². The van der Waals surface area contributed by atoms with Crippen LogP contribution in [0.2, 0.25) is 0 Å². The summed E-state index contributed by atoms with van der Waals surface area (Å²) < 4.78 is 28.4. The molecule has 23 heavy (non-hydrogen) atoms. The van der Waals surface area contributed by atoms with Crippen LogP contribution in [0.5, 0.6) is 0 Å². The number of nitrogens with one attached hydrogen (secondary N) is 1. The number of nitrogens with zero attached hydrogens (tertiary/aromatic N) is 1. The first-order valence-corrected chi connectivity index (χ1v) is 7.05. The van der Waals surface area contributed by atoms with Gasteiger partial charge >= 0.3 is 0 Å². The molecule has 0 aliphatic rings. The van der Waals surface area contributed by atoms with Crippen molar-refractivity contribution in [1.29, 1.82) is 0 Å². The number of hydrogen-bond acceptors (Lipinski definition) is 3. The molecule has 116 valence electrons. The molecular formula is C18H14F2N2O. The van der Waals surface area contributed by atoms with Crippen molar-refractivity contribution in [2.75, 3.05) is 5.48 Å². The van der Waals surface area contributed by atoms with Gasteiger partial charge in [-0.2, -0.15) is 0 Å². The summed E-state index contributed by atoms with van der Waals surface area (Å²) in [5, 5.41) is 0. The summed E-state index contributed by atoms with van der Waals surface area (Å²) in [5.74, 6) is -1.33. The third-order valence-corrected chi connectivity index (χ3v) is 3.28. The van der Waals surface area contributed by atoms with Gasteiger partial charge in [0.25, 0.3) is 0 Å². The Morgan fingerprint density at radius 2 is 1.57 bits per heavy atom. The smallest absolute Gasteiger partial charge is 0.136 e. The minimum atomic E-state index is -0.665. The zero-order valence-electron chi connectivity index (χ0n) is 12.2. The third-order valence-electron chi connectivity index (χ3n) is 3.28. The van der Waals surface area contributed by atoms with E-state index in [4.69, 9.17) is 4.84 Å². The Balaban J connectivity index is 1.72. The lowest BCUT2D eigenvalue weighted by atomic mass is 10.1. The molecule has 0 spiro atoms. The average molecular weight is 312 g/mol. The maximum Gasteiger partial charge on any atom is 0.136 e. The predicted octanol–water partition coefficient (Wildman–Crippen LogP) is 4.57. The highest BCUT2D eigenvalue weighted by Gasteiger charge is 2.13. The second kappa shape index (κ2) is 6.98. The van der Waals surface area contributed by atoms with E-state index in [2.05, 4.69) is 10.5 Å². The lowest BCUT2D eigenvalue weighted by molar-refractivity contribution is 0.180. The van der Waals surface area contributed by atoms with Gasteiger partial charge in [0, 0.05) is 24.5 Å².